The molecule has 2 aromatic heterocycles. The quantitative estimate of drug-likeness (QED) is 0.466. The minimum atomic E-state index is -0.560. The molecule has 1 aromatic carbocycles. The Labute approximate surface area is 196 Å². The summed E-state index contributed by atoms with van der Waals surface area (Å²) in [7, 11) is 0. The van der Waals surface area contributed by atoms with Gasteiger partial charge < -0.3 is 11.5 Å². The van der Waals surface area contributed by atoms with Gasteiger partial charge in [0.15, 0.2) is 0 Å². The molecule has 33 heavy (non-hydrogen) atoms. The lowest BCUT2D eigenvalue weighted by atomic mass is 9.98. The molecule has 1 atom stereocenters. The molecule has 0 bridgehead atoms. The van der Waals surface area contributed by atoms with E-state index in [-0.39, 0.29) is 5.69 Å². The van der Waals surface area contributed by atoms with Crippen molar-refractivity contribution in [2.75, 3.05) is 0 Å². The number of carbonyl (C=O) groups is 1. The fourth-order valence-corrected chi connectivity index (χ4v) is 3.10. The molecule has 0 spiro atoms. The first-order valence-electron chi connectivity index (χ1n) is 11.3. The molecule has 0 aliphatic rings. The standard InChI is InChI=1S/C23H25N5O.C4H10/c1-4-5-9-21(28-22-10-7-6-8-17(22)14-26-28)16(3)18(24)13-20-15(2)11-12-19(27-20)23(25)29;1-3-4-2/h4-12,14,18H,3,13,24H2,1-2H3,(H2,25,29);3-4H2,1-2H3/b5-4-,21-9+;. The highest BCUT2D eigenvalue weighted by Crippen LogP contribution is 2.24. The highest BCUT2D eigenvalue weighted by atomic mass is 16.1. The molecule has 1 amide bonds. The van der Waals surface area contributed by atoms with Gasteiger partial charge in [0, 0.05) is 23.5 Å². The van der Waals surface area contributed by atoms with E-state index in [9.17, 15) is 4.79 Å². The average Bonchev–Trinajstić information content (AvgIpc) is 3.24. The molecule has 0 aliphatic heterocycles. The number of benzene rings is 1. The largest absolute Gasteiger partial charge is 0.364 e. The lowest BCUT2D eigenvalue weighted by Gasteiger charge is -2.19. The molecule has 0 aliphatic carbocycles. The number of nitrogens with zero attached hydrogens (tertiary/aromatic N) is 3. The summed E-state index contributed by atoms with van der Waals surface area (Å²) in [5, 5.41) is 5.57. The number of nitrogens with two attached hydrogens (primary N) is 2. The first-order chi connectivity index (χ1) is 15.8. The topological polar surface area (TPSA) is 99.8 Å². The van der Waals surface area contributed by atoms with Crippen LogP contribution in [0.15, 0.2) is 73.0 Å². The van der Waals surface area contributed by atoms with Gasteiger partial charge in [-0.15, -0.1) is 0 Å². The molecule has 0 saturated heterocycles. The average molecular weight is 446 g/mol. The van der Waals surface area contributed by atoms with Crippen LogP contribution in [0, 0.1) is 6.92 Å². The molecular weight excluding hydrogens is 410 g/mol. The number of carbonyl (C=O) groups excluding carboxylic acids is 1. The van der Waals surface area contributed by atoms with Crippen LogP contribution in [0.25, 0.3) is 16.6 Å². The number of hydrogen-bond acceptors (Lipinski definition) is 4. The maximum Gasteiger partial charge on any atom is 0.267 e. The zero-order valence-electron chi connectivity index (χ0n) is 20.1. The molecular formula is C27H35N5O. The Morgan fingerprint density at radius 2 is 1.88 bits per heavy atom. The van der Waals surface area contributed by atoms with Crippen LogP contribution >= 0.6 is 0 Å². The molecule has 2 heterocycles. The number of pyridine rings is 1. The second-order valence-electron chi connectivity index (χ2n) is 7.85. The molecule has 0 fully saturated rings. The highest BCUT2D eigenvalue weighted by Gasteiger charge is 2.18. The van der Waals surface area contributed by atoms with Crippen molar-refractivity contribution in [3.8, 4) is 0 Å². The number of unbranched alkanes of at least 4 members (excludes halogenated alkanes) is 1. The number of fused-ring (bicyclic) bond motifs is 1. The Bertz CT molecular complexity index is 1150. The minimum absolute atomic E-state index is 0.228. The minimum Gasteiger partial charge on any atom is -0.364 e. The Balaban J connectivity index is 0.000000890. The molecule has 0 radical (unpaired) electrons. The van der Waals surface area contributed by atoms with E-state index in [0.29, 0.717) is 6.42 Å². The van der Waals surface area contributed by atoms with E-state index < -0.39 is 11.9 Å². The van der Waals surface area contributed by atoms with Crippen LogP contribution in [-0.4, -0.2) is 26.7 Å². The number of aromatic nitrogens is 3. The summed E-state index contributed by atoms with van der Waals surface area (Å²) in [4.78, 5) is 15.8. The molecule has 0 saturated carbocycles. The van der Waals surface area contributed by atoms with Crippen molar-refractivity contribution in [2.24, 2.45) is 11.5 Å². The maximum absolute atomic E-state index is 11.5. The number of rotatable bonds is 8. The predicted octanol–water partition coefficient (Wildman–Crippen LogP) is 5.19. The van der Waals surface area contributed by atoms with Crippen molar-refractivity contribution < 1.29 is 4.79 Å². The van der Waals surface area contributed by atoms with Crippen molar-refractivity contribution in [3.63, 3.8) is 0 Å². The summed E-state index contributed by atoms with van der Waals surface area (Å²) >= 11 is 0. The van der Waals surface area contributed by atoms with Crippen molar-refractivity contribution in [2.45, 2.75) is 53.0 Å². The third-order valence-electron chi connectivity index (χ3n) is 5.30. The van der Waals surface area contributed by atoms with Gasteiger partial charge in [-0.25, -0.2) is 9.67 Å². The van der Waals surface area contributed by atoms with E-state index in [0.717, 1.165) is 33.4 Å². The van der Waals surface area contributed by atoms with E-state index in [1.54, 1.807) is 6.07 Å². The molecule has 1 unspecified atom stereocenters. The summed E-state index contributed by atoms with van der Waals surface area (Å²) < 4.78 is 1.84. The third-order valence-corrected chi connectivity index (χ3v) is 5.30. The van der Waals surface area contributed by atoms with E-state index in [2.05, 4.69) is 30.5 Å². The Morgan fingerprint density at radius 1 is 1.18 bits per heavy atom. The van der Waals surface area contributed by atoms with Crippen molar-refractivity contribution in [3.05, 3.63) is 89.9 Å². The fraction of sp³-hybridized carbons (Fsp3) is 0.296. The highest BCUT2D eigenvalue weighted by molar-refractivity contribution is 5.90. The van der Waals surface area contributed by atoms with Crippen LogP contribution in [0.5, 0.6) is 0 Å². The Kier molecular flexibility index (Phi) is 9.76. The van der Waals surface area contributed by atoms with Crippen LogP contribution < -0.4 is 11.5 Å². The van der Waals surface area contributed by atoms with Gasteiger partial charge in [0.05, 0.1) is 17.4 Å². The van der Waals surface area contributed by atoms with Gasteiger partial charge >= 0.3 is 0 Å². The van der Waals surface area contributed by atoms with E-state index in [1.165, 1.54) is 12.8 Å². The third kappa shape index (κ3) is 6.73. The van der Waals surface area contributed by atoms with Crippen molar-refractivity contribution in [1.29, 1.82) is 0 Å². The van der Waals surface area contributed by atoms with Gasteiger partial charge in [-0.1, -0.05) is 69.7 Å². The molecule has 3 aromatic rings. The number of amides is 1. The second-order valence-corrected chi connectivity index (χ2v) is 7.85. The van der Waals surface area contributed by atoms with Gasteiger partial charge in [-0.3, -0.25) is 4.79 Å². The normalized spacial score (nSPS) is 12.5. The van der Waals surface area contributed by atoms with Crippen molar-refractivity contribution >= 4 is 22.5 Å². The predicted molar refractivity (Wildman–Crippen MR) is 138 cm³/mol. The SMILES string of the molecule is C=C(/C(=C\C=C/C)n1ncc2ccccc21)C(N)Cc1nc(C(N)=O)ccc1C.CCCC. The number of allylic oxidation sites excluding steroid dienone is 3. The monoisotopic (exact) mass is 445 g/mol. The Morgan fingerprint density at radius 3 is 2.52 bits per heavy atom. The lowest BCUT2D eigenvalue weighted by Crippen LogP contribution is -2.28. The second kappa shape index (κ2) is 12.5. The summed E-state index contributed by atoms with van der Waals surface area (Å²) in [6, 6.07) is 11.0. The lowest BCUT2D eigenvalue weighted by molar-refractivity contribution is 0.0995. The zero-order valence-corrected chi connectivity index (χ0v) is 20.1. The summed E-state index contributed by atoms with van der Waals surface area (Å²) in [5.41, 5.74) is 16.3. The van der Waals surface area contributed by atoms with Gasteiger partial charge in [0.25, 0.3) is 5.91 Å². The number of aryl methyl sites for hydroxylation is 1. The number of para-hydroxylation sites is 1. The summed E-state index contributed by atoms with van der Waals surface area (Å²) in [6.07, 6.45) is 10.7. The first kappa shape index (κ1) is 25.7. The smallest absolute Gasteiger partial charge is 0.267 e. The van der Waals surface area contributed by atoms with E-state index in [1.807, 2.05) is 73.3 Å². The molecule has 4 N–H and O–H groups in total. The molecule has 6 nitrogen and oxygen atoms in total. The maximum atomic E-state index is 11.5. The summed E-state index contributed by atoms with van der Waals surface area (Å²) in [6.45, 7) is 12.5. The number of primary amides is 1. The fourth-order valence-electron chi connectivity index (χ4n) is 3.10. The van der Waals surface area contributed by atoms with Crippen LogP contribution in [0.1, 0.15) is 55.4 Å². The Hall–Kier alpha value is -3.51. The van der Waals surface area contributed by atoms with Crippen LogP contribution in [0.4, 0.5) is 0 Å². The van der Waals surface area contributed by atoms with Crippen LogP contribution in [-0.2, 0) is 6.42 Å². The van der Waals surface area contributed by atoms with E-state index >= 15 is 0 Å². The van der Waals surface area contributed by atoms with Gasteiger partial charge in [-0.05, 0) is 43.2 Å². The molecule has 6 heteroatoms. The van der Waals surface area contributed by atoms with Crippen molar-refractivity contribution in [1.82, 2.24) is 14.8 Å². The van der Waals surface area contributed by atoms with Crippen LogP contribution in [0.2, 0.25) is 0 Å². The summed E-state index contributed by atoms with van der Waals surface area (Å²) in [5.74, 6) is -0.560. The number of hydrogen-bond donors (Lipinski definition) is 2. The van der Waals surface area contributed by atoms with Gasteiger partial charge in [0.1, 0.15) is 5.69 Å². The van der Waals surface area contributed by atoms with Gasteiger partial charge in [0.2, 0.25) is 0 Å². The molecule has 3 rings (SSSR count). The zero-order chi connectivity index (χ0) is 24.4. The van der Waals surface area contributed by atoms with Gasteiger partial charge in [-0.2, -0.15) is 5.10 Å². The van der Waals surface area contributed by atoms with E-state index in [4.69, 9.17) is 11.5 Å². The molecule has 174 valence electrons. The van der Waals surface area contributed by atoms with Crippen LogP contribution in [0.3, 0.4) is 0 Å². The first-order valence-corrected chi connectivity index (χ1v) is 11.3.